The molecule has 1 atom stereocenters. The van der Waals surface area contributed by atoms with E-state index in [1.807, 2.05) is 12.1 Å². The lowest BCUT2D eigenvalue weighted by atomic mass is 9.89. The Hall–Kier alpha value is -3.07. The Balaban J connectivity index is 1.47. The van der Waals surface area contributed by atoms with E-state index in [4.69, 9.17) is 0 Å². The van der Waals surface area contributed by atoms with Crippen LogP contribution in [-0.2, 0) is 0 Å². The first-order chi connectivity index (χ1) is 16.3. The van der Waals surface area contributed by atoms with E-state index in [1.54, 1.807) is 12.1 Å². The summed E-state index contributed by atoms with van der Waals surface area (Å²) in [4.78, 5) is 23.4. The second-order valence-corrected chi connectivity index (χ2v) is 9.32. The van der Waals surface area contributed by atoms with E-state index in [-0.39, 0.29) is 30.2 Å². The number of likely N-dealkylation sites (tertiary alicyclic amines) is 1. The number of nitrogens with one attached hydrogen (secondary N) is 2. The quantitative estimate of drug-likeness (QED) is 0.560. The molecule has 180 valence electrons. The summed E-state index contributed by atoms with van der Waals surface area (Å²) >= 11 is 0. The molecule has 3 aromatic rings. The van der Waals surface area contributed by atoms with Crippen molar-refractivity contribution in [3.05, 3.63) is 58.5 Å². The lowest BCUT2D eigenvalue weighted by molar-refractivity contribution is -0.146. The Labute approximate surface area is 195 Å². The number of nitrogens with zero attached hydrogens (tertiary/aromatic N) is 3. The molecule has 2 saturated heterocycles. The zero-order valence-electron chi connectivity index (χ0n) is 19.0. The Morgan fingerprint density at radius 1 is 1.06 bits per heavy atom. The van der Waals surface area contributed by atoms with Gasteiger partial charge in [-0.1, -0.05) is 12.1 Å². The maximum atomic E-state index is 13.6. The maximum absolute atomic E-state index is 13.6. The number of H-pyrrole nitrogens is 1. The highest BCUT2D eigenvalue weighted by Gasteiger charge is 2.46. The number of benzene rings is 1. The molecule has 9 heteroatoms. The fourth-order valence-electron chi connectivity index (χ4n) is 5.14. The monoisotopic (exact) mass is 471 g/mol. The molecule has 4 heterocycles. The lowest BCUT2D eigenvalue weighted by Gasteiger charge is -2.29. The van der Waals surface area contributed by atoms with Crippen molar-refractivity contribution in [1.82, 2.24) is 14.9 Å². The molecule has 2 aliphatic heterocycles. The molecule has 2 N–H and O–H groups in total. The number of alkyl halides is 3. The SMILES string of the molecule is CN1CCC(c2ccc(Nc3nc(N4CCC[C@H]4C(F)(F)F)cc4cc[nH]c(=O)c34)cc2)CC1. The third kappa shape index (κ3) is 4.49. The first kappa shape index (κ1) is 22.7. The molecule has 2 aliphatic rings. The van der Waals surface area contributed by atoms with Crippen molar-refractivity contribution in [1.29, 1.82) is 0 Å². The van der Waals surface area contributed by atoms with Gasteiger partial charge in [0.05, 0.1) is 5.39 Å². The summed E-state index contributed by atoms with van der Waals surface area (Å²) in [6, 6.07) is 9.74. The van der Waals surface area contributed by atoms with Crippen LogP contribution in [0.1, 0.15) is 37.2 Å². The molecule has 5 rings (SSSR count). The minimum atomic E-state index is -4.33. The zero-order valence-corrected chi connectivity index (χ0v) is 19.0. The molecule has 2 fully saturated rings. The topological polar surface area (TPSA) is 64.3 Å². The molecule has 0 saturated carbocycles. The van der Waals surface area contributed by atoms with Crippen molar-refractivity contribution in [2.75, 3.05) is 36.9 Å². The third-order valence-electron chi connectivity index (χ3n) is 7.03. The standard InChI is InChI=1S/C25H28F3N5O/c1-32-13-9-17(10-14-32)16-4-6-19(7-5-16)30-23-22-18(8-11-29-24(22)34)15-21(31-23)33-12-2-3-20(33)25(26,27)28/h4-8,11,15,17,20H,2-3,9-10,12-14H2,1H3,(H,29,34)(H,30,31)/t20-/m0/s1. The van der Waals surface area contributed by atoms with E-state index in [0.717, 1.165) is 31.6 Å². The number of aromatic nitrogens is 2. The van der Waals surface area contributed by atoms with Crippen molar-refractivity contribution in [2.45, 2.75) is 43.8 Å². The Bertz CT molecular complexity index is 1220. The van der Waals surface area contributed by atoms with E-state index in [2.05, 4.69) is 39.4 Å². The molecule has 0 spiro atoms. The molecular formula is C25H28F3N5O. The molecule has 0 unspecified atom stereocenters. The molecule has 0 aliphatic carbocycles. The summed E-state index contributed by atoms with van der Waals surface area (Å²) in [5.74, 6) is 1.00. The smallest absolute Gasteiger partial charge is 0.344 e. The van der Waals surface area contributed by atoms with Crippen LogP contribution in [0.2, 0.25) is 0 Å². The van der Waals surface area contributed by atoms with Crippen molar-refractivity contribution < 1.29 is 13.2 Å². The van der Waals surface area contributed by atoms with Gasteiger partial charge in [0.1, 0.15) is 17.7 Å². The summed E-state index contributed by atoms with van der Waals surface area (Å²) in [6.07, 6.45) is -0.120. The Kier molecular flexibility index (Phi) is 5.97. The summed E-state index contributed by atoms with van der Waals surface area (Å²) in [7, 11) is 2.13. The minimum Gasteiger partial charge on any atom is -0.344 e. The number of fused-ring (bicyclic) bond motifs is 1. The van der Waals surface area contributed by atoms with Crippen molar-refractivity contribution in [3.63, 3.8) is 0 Å². The minimum absolute atomic E-state index is 0.0414. The van der Waals surface area contributed by atoms with Crippen LogP contribution in [0.3, 0.4) is 0 Å². The van der Waals surface area contributed by atoms with Gasteiger partial charge in [-0.2, -0.15) is 13.2 Å². The van der Waals surface area contributed by atoms with E-state index >= 15 is 0 Å². The average Bonchev–Trinajstić information content (AvgIpc) is 3.31. The van der Waals surface area contributed by atoms with Gasteiger partial charge in [-0.3, -0.25) is 4.79 Å². The lowest BCUT2D eigenvalue weighted by Crippen LogP contribution is -2.41. The van der Waals surface area contributed by atoms with Crippen molar-refractivity contribution in [2.24, 2.45) is 0 Å². The summed E-state index contributed by atoms with van der Waals surface area (Å²) in [6.45, 7) is 2.42. The van der Waals surface area contributed by atoms with Crippen LogP contribution in [0.15, 0.2) is 47.4 Å². The van der Waals surface area contributed by atoms with Crippen LogP contribution in [-0.4, -0.2) is 53.8 Å². The number of aromatic amines is 1. The number of rotatable bonds is 4. The van der Waals surface area contributed by atoms with E-state index < -0.39 is 12.2 Å². The molecule has 0 bridgehead atoms. The van der Waals surface area contributed by atoms with Gasteiger partial charge in [-0.25, -0.2) is 4.98 Å². The summed E-state index contributed by atoms with van der Waals surface area (Å²) in [5.41, 5.74) is 1.67. The van der Waals surface area contributed by atoms with Gasteiger partial charge in [0.2, 0.25) is 0 Å². The van der Waals surface area contributed by atoms with Crippen LogP contribution in [0.5, 0.6) is 0 Å². The number of anilines is 3. The van der Waals surface area contributed by atoms with Crippen LogP contribution < -0.4 is 15.8 Å². The third-order valence-corrected chi connectivity index (χ3v) is 7.03. The zero-order chi connectivity index (χ0) is 23.9. The molecule has 2 aromatic heterocycles. The van der Waals surface area contributed by atoms with Gasteiger partial charge in [0, 0.05) is 18.4 Å². The Morgan fingerprint density at radius 3 is 2.50 bits per heavy atom. The van der Waals surface area contributed by atoms with Crippen LogP contribution in [0, 0.1) is 0 Å². The predicted octanol–water partition coefficient (Wildman–Crippen LogP) is 5.01. The van der Waals surface area contributed by atoms with Gasteiger partial charge in [0.25, 0.3) is 5.56 Å². The van der Waals surface area contributed by atoms with E-state index in [1.165, 1.54) is 16.7 Å². The first-order valence-electron chi connectivity index (χ1n) is 11.7. The van der Waals surface area contributed by atoms with Crippen LogP contribution in [0.25, 0.3) is 10.8 Å². The van der Waals surface area contributed by atoms with Gasteiger partial charge in [-0.15, -0.1) is 0 Å². The maximum Gasteiger partial charge on any atom is 0.408 e. The molecule has 6 nitrogen and oxygen atoms in total. The fraction of sp³-hybridized carbons (Fsp3) is 0.440. The highest BCUT2D eigenvalue weighted by Crippen LogP contribution is 2.37. The van der Waals surface area contributed by atoms with Gasteiger partial charge >= 0.3 is 6.18 Å². The molecule has 0 radical (unpaired) electrons. The normalized spacial score (nSPS) is 20.2. The van der Waals surface area contributed by atoms with Crippen molar-refractivity contribution >= 4 is 28.1 Å². The summed E-state index contributed by atoms with van der Waals surface area (Å²) in [5, 5.41) is 4.07. The number of pyridine rings is 2. The van der Waals surface area contributed by atoms with Gasteiger partial charge in [0.15, 0.2) is 0 Å². The summed E-state index contributed by atoms with van der Waals surface area (Å²) < 4.78 is 40.8. The molecule has 1 aromatic carbocycles. The van der Waals surface area contributed by atoms with Crippen LogP contribution in [0.4, 0.5) is 30.5 Å². The van der Waals surface area contributed by atoms with Gasteiger partial charge in [-0.05, 0) is 87.0 Å². The van der Waals surface area contributed by atoms with Crippen molar-refractivity contribution in [3.8, 4) is 0 Å². The number of hydrogen-bond acceptors (Lipinski definition) is 5. The molecular weight excluding hydrogens is 443 g/mol. The Morgan fingerprint density at radius 2 is 1.79 bits per heavy atom. The van der Waals surface area contributed by atoms with E-state index in [0.29, 0.717) is 23.1 Å². The first-order valence-corrected chi connectivity index (χ1v) is 11.7. The molecule has 34 heavy (non-hydrogen) atoms. The highest BCUT2D eigenvalue weighted by molar-refractivity contribution is 5.94. The van der Waals surface area contributed by atoms with Crippen LogP contribution >= 0.6 is 0 Å². The van der Waals surface area contributed by atoms with Gasteiger partial charge < -0.3 is 20.1 Å². The predicted molar refractivity (Wildman–Crippen MR) is 128 cm³/mol. The number of piperidine rings is 1. The number of hydrogen-bond donors (Lipinski definition) is 2. The molecule has 0 amide bonds. The average molecular weight is 472 g/mol. The van der Waals surface area contributed by atoms with E-state index in [9.17, 15) is 18.0 Å². The second-order valence-electron chi connectivity index (χ2n) is 9.32. The second kappa shape index (κ2) is 8.94. The largest absolute Gasteiger partial charge is 0.408 e. The number of halogens is 3. The fourth-order valence-corrected chi connectivity index (χ4v) is 5.14. The highest BCUT2D eigenvalue weighted by atomic mass is 19.4.